The van der Waals surface area contributed by atoms with Crippen LogP contribution < -0.4 is 0 Å². The van der Waals surface area contributed by atoms with Gasteiger partial charge in [0.05, 0.1) is 4.92 Å². The monoisotopic (exact) mass is 362 g/mol. The van der Waals surface area contributed by atoms with Crippen molar-refractivity contribution in [2.45, 2.75) is 19.8 Å². The number of nitro benzene ring substituents is 1. The standard InChI is InChI=1S/C22H22N2O3/c1-17-2-6-20(7-3-17)22(25)12-15-23-13-10-19(11-14-23)16-18-4-8-21(9-5-18)24(26)27/h2-9,12,15-16H,10-11,13-14H2,1H3/b15-12+. The molecule has 0 atom stereocenters. The van der Waals surface area contributed by atoms with E-state index in [1.165, 1.54) is 17.7 Å². The van der Waals surface area contributed by atoms with Crippen molar-refractivity contribution >= 4 is 17.5 Å². The molecule has 1 aliphatic heterocycles. The molecule has 2 aromatic carbocycles. The average molecular weight is 362 g/mol. The largest absolute Gasteiger partial charge is 0.377 e. The second-order valence-corrected chi connectivity index (χ2v) is 6.73. The molecule has 1 saturated heterocycles. The van der Waals surface area contributed by atoms with Crippen molar-refractivity contribution in [1.82, 2.24) is 4.90 Å². The lowest BCUT2D eigenvalue weighted by atomic mass is 10.0. The SMILES string of the molecule is Cc1ccc(C(=O)/C=C/N2CCC(=Cc3ccc([N+](=O)[O-])cc3)CC2)cc1. The van der Waals surface area contributed by atoms with Gasteiger partial charge in [-0.05, 0) is 37.5 Å². The molecule has 2 aromatic rings. The number of nitrogens with zero attached hydrogens (tertiary/aromatic N) is 2. The zero-order chi connectivity index (χ0) is 19.2. The van der Waals surface area contributed by atoms with E-state index >= 15 is 0 Å². The van der Waals surface area contributed by atoms with Gasteiger partial charge >= 0.3 is 0 Å². The molecule has 27 heavy (non-hydrogen) atoms. The summed E-state index contributed by atoms with van der Waals surface area (Å²) in [5, 5.41) is 10.7. The van der Waals surface area contributed by atoms with Crippen LogP contribution in [-0.4, -0.2) is 28.7 Å². The van der Waals surface area contributed by atoms with Crippen LogP contribution in [0.3, 0.4) is 0 Å². The highest BCUT2D eigenvalue weighted by atomic mass is 16.6. The number of aryl methyl sites for hydroxylation is 1. The Morgan fingerprint density at radius 2 is 1.67 bits per heavy atom. The molecule has 5 nitrogen and oxygen atoms in total. The number of benzene rings is 2. The number of likely N-dealkylation sites (tertiary alicyclic amines) is 1. The molecule has 0 unspecified atom stereocenters. The van der Waals surface area contributed by atoms with Crippen molar-refractivity contribution in [2.24, 2.45) is 0 Å². The van der Waals surface area contributed by atoms with Crippen LogP contribution in [-0.2, 0) is 0 Å². The number of rotatable bonds is 5. The van der Waals surface area contributed by atoms with Crippen LogP contribution in [0.2, 0.25) is 0 Å². The number of non-ortho nitro benzene ring substituents is 1. The minimum atomic E-state index is -0.389. The summed E-state index contributed by atoms with van der Waals surface area (Å²) in [6.45, 7) is 3.71. The Hall–Kier alpha value is -3.21. The molecule has 5 heteroatoms. The minimum Gasteiger partial charge on any atom is -0.377 e. The maximum atomic E-state index is 12.2. The first-order valence-electron chi connectivity index (χ1n) is 8.98. The summed E-state index contributed by atoms with van der Waals surface area (Å²) in [4.78, 5) is 24.7. The molecule has 3 rings (SSSR count). The van der Waals surface area contributed by atoms with E-state index in [2.05, 4.69) is 11.0 Å². The molecule has 0 radical (unpaired) electrons. The fourth-order valence-corrected chi connectivity index (χ4v) is 3.02. The Labute approximate surface area is 158 Å². The van der Waals surface area contributed by atoms with Gasteiger partial charge in [0, 0.05) is 43.1 Å². The van der Waals surface area contributed by atoms with Gasteiger partial charge in [-0.1, -0.05) is 41.5 Å². The van der Waals surface area contributed by atoms with Crippen LogP contribution in [0.4, 0.5) is 5.69 Å². The summed E-state index contributed by atoms with van der Waals surface area (Å²) in [5.41, 5.74) is 4.24. The number of allylic oxidation sites excluding steroid dienone is 1. The number of nitro groups is 1. The van der Waals surface area contributed by atoms with Gasteiger partial charge in [-0.2, -0.15) is 0 Å². The maximum absolute atomic E-state index is 12.2. The van der Waals surface area contributed by atoms with Gasteiger partial charge < -0.3 is 4.90 Å². The Morgan fingerprint density at radius 3 is 2.26 bits per heavy atom. The van der Waals surface area contributed by atoms with E-state index in [9.17, 15) is 14.9 Å². The molecule has 0 aliphatic carbocycles. The van der Waals surface area contributed by atoms with E-state index in [-0.39, 0.29) is 16.4 Å². The maximum Gasteiger partial charge on any atom is 0.269 e. The lowest BCUT2D eigenvalue weighted by Gasteiger charge is -2.27. The van der Waals surface area contributed by atoms with Gasteiger partial charge in [0.2, 0.25) is 0 Å². The summed E-state index contributed by atoms with van der Waals surface area (Å²) in [7, 11) is 0. The van der Waals surface area contributed by atoms with E-state index in [4.69, 9.17) is 0 Å². The predicted molar refractivity (Wildman–Crippen MR) is 107 cm³/mol. The molecule has 0 amide bonds. The van der Waals surface area contributed by atoms with Crippen LogP contribution >= 0.6 is 0 Å². The van der Waals surface area contributed by atoms with Crippen molar-refractivity contribution < 1.29 is 9.72 Å². The summed E-state index contributed by atoms with van der Waals surface area (Å²) in [5.74, 6) is 0.0159. The molecule has 1 aliphatic rings. The Morgan fingerprint density at radius 1 is 1.04 bits per heavy atom. The minimum absolute atomic E-state index is 0.0159. The van der Waals surface area contributed by atoms with Crippen molar-refractivity contribution in [3.63, 3.8) is 0 Å². The number of carbonyl (C=O) groups is 1. The Kier molecular flexibility index (Phi) is 5.81. The molecule has 0 bridgehead atoms. The lowest BCUT2D eigenvalue weighted by molar-refractivity contribution is -0.384. The van der Waals surface area contributed by atoms with E-state index in [1.54, 1.807) is 18.2 Å². The van der Waals surface area contributed by atoms with Crippen molar-refractivity contribution in [3.05, 3.63) is 93.2 Å². The zero-order valence-electron chi connectivity index (χ0n) is 15.3. The molecular formula is C22H22N2O3. The molecule has 1 fully saturated rings. The molecular weight excluding hydrogens is 340 g/mol. The van der Waals surface area contributed by atoms with Gasteiger partial charge in [-0.25, -0.2) is 0 Å². The number of piperidine rings is 1. The molecule has 0 N–H and O–H groups in total. The van der Waals surface area contributed by atoms with Crippen LogP contribution in [0, 0.1) is 17.0 Å². The first-order valence-corrected chi connectivity index (χ1v) is 8.98. The fraction of sp³-hybridized carbons (Fsp3) is 0.227. The Balaban J connectivity index is 1.54. The highest BCUT2D eigenvalue weighted by molar-refractivity contribution is 6.04. The van der Waals surface area contributed by atoms with Gasteiger partial charge in [0.25, 0.3) is 5.69 Å². The molecule has 1 heterocycles. The van der Waals surface area contributed by atoms with Crippen molar-refractivity contribution in [1.29, 1.82) is 0 Å². The van der Waals surface area contributed by atoms with E-state index in [1.807, 2.05) is 37.4 Å². The topological polar surface area (TPSA) is 63.5 Å². The van der Waals surface area contributed by atoms with Crippen LogP contribution in [0.15, 0.2) is 66.4 Å². The molecule has 0 aromatic heterocycles. The number of carbonyl (C=O) groups excluding carboxylic acids is 1. The second-order valence-electron chi connectivity index (χ2n) is 6.73. The second kappa shape index (κ2) is 8.45. The third kappa shape index (κ3) is 5.14. The highest BCUT2D eigenvalue weighted by Crippen LogP contribution is 2.21. The quantitative estimate of drug-likeness (QED) is 0.332. The zero-order valence-corrected chi connectivity index (χ0v) is 15.3. The smallest absolute Gasteiger partial charge is 0.269 e. The Bertz CT molecular complexity index is 871. The van der Waals surface area contributed by atoms with Crippen LogP contribution in [0.1, 0.15) is 34.3 Å². The van der Waals surface area contributed by atoms with Gasteiger partial charge in [-0.15, -0.1) is 0 Å². The van der Waals surface area contributed by atoms with Crippen molar-refractivity contribution in [2.75, 3.05) is 13.1 Å². The van der Waals surface area contributed by atoms with Crippen LogP contribution in [0.25, 0.3) is 6.08 Å². The first kappa shape index (κ1) is 18.6. The van der Waals surface area contributed by atoms with E-state index in [0.29, 0.717) is 5.56 Å². The summed E-state index contributed by atoms with van der Waals surface area (Å²) in [6, 6.07) is 14.2. The molecule has 0 saturated carbocycles. The lowest BCUT2D eigenvalue weighted by Crippen LogP contribution is -2.25. The van der Waals surface area contributed by atoms with E-state index in [0.717, 1.165) is 37.1 Å². The summed E-state index contributed by atoms with van der Waals surface area (Å²) < 4.78 is 0. The number of hydrogen-bond donors (Lipinski definition) is 0. The summed E-state index contributed by atoms with van der Waals surface area (Å²) in [6.07, 6.45) is 7.45. The van der Waals surface area contributed by atoms with Crippen LogP contribution in [0.5, 0.6) is 0 Å². The predicted octanol–water partition coefficient (Wildman–Crippen LogP) is 4.78. The van der Waals surface area contributed by atoms with Gasteiger partial charge in [-0.3, -0.25) is 14.9 Å². The normalized spacial score (nSPS) is 14.4. The van der Waals surface area contributed by atoms with Gasteiger partial charge in [0.1, 0.15) is 0 Å². The molecule has 0 spiro atoms. The first-order chi connectivity index (χ1) is 13.0. The van der Waals surface area contributed by atoms with E-state index < -0.39 is 0 Å². The van der Waals surface area contributed by atoms with Gasteiger partial charge in [0.15, 0.2) is 5.78 Å². The third-order valence-electron chi connectivity index (χ3n) is 4.69. The molecule has 138 valence electrons. The number of hydrogen-bond acceptors (Lipinski definition) is 4. The number of ketones is 1. The third-order valence-corrected chi connectivity index (χ3v) is 4.69. The fourth-order valence-electron chi connectivity index (χ4n) is 3.02. The average Bonchev–Trinajstić information content (AvgIpc) is 2.68. The highest BCUT2D eigenvalue weighted by Gasteiger charge is 2.12. The van der Waals surface area contributed by atoms with Crippen molar-refractivity contribution in [3.8, 4) is 0 Å². The summed E-state index contributed by atoms with van der Waals surface area (Å²) >= 11 is 0.